The van der Waals surface area contributed by atoms with E-state index in [2.05, 4.69) is 10.6 Å². The Morgan fingerprint density at radius 3 is 2.32 bits per heavy atom. The van der Waals surface area contributed by atoms with Crippen LogP contribution in [0.2, 0.25) is 0 Å². The van der Waals surface area contributed by atoms with E-state index in [-0.39, 0.29) is 24.7 Å². The van der Waals surface area contributed by atoms with Gasteiger partial charge < -0.3 is 22.1 Å². The molecule has 0 bridgehead atoms. The van der Waals surface area contributed by atoms with Crippen molar-refractivity contribution in [2.45, 2.75) is 89.4 Å². The van der Waals surface area contributed by atoms with Crippen molar-refractivity contribution in [3.8, 4) is 0 Å². The molecule has 3 rings (SSSR count). The van der Waals surface area contributed by atoms with Gasteiger partial charge in [0.2, 0.25) is 27.7 Å². The molecule has 3 amide bonds. The van der Waals surface area contributed by atoms with Crippen LogP contribution in [-0.4, -0.2) is 66.4 Å². The van der Waals surface area contributed by atoms with Crippen molar-refractivity contribution in [1.82, 2.24) is 14.9 Å². The second kappa shape index (κ2) is 12.6. The Bertz CT molecular complexity index is 1090. The molecule has 1 aliphatic carbocycles. The van der Waals surface area contributed by atoms with Gasteiger partial charge in [0.25, 0.3) is 0 Å². The molecule has 1 aromatic carbocycles. The maximum atomic E-state index is 14.0. The minimum Gasteiger partial charge on any atom is -0.370 e. The van der Waals surface area contributed by atoms with E-state index in [1.807, 2.05) is 51.1 Å². The molecule has 5 atom stereocenters. The van der Waals surface area contributed by atoms with Gasteiger partial charge >= 0.3 is 0 Å². The third-order valence-electron chi connectivity index (χ3n) is 7.35. The lowest BCUT2D eigenvalue weighted by molar-refractivity contribution is -0.129. The quantitative estimate of drug-likeness (QED) is 0.340. The van der Waals surface area contributed by atoms with Gasteiger partial charge in [-0.2, -0.15) is 4.31 Å². The summed E-state index contributed by atoms with van der Waals surface area (Å²) in [7, 11) is -3.97. The molecule has 11 heteroatoms. The molecule has 0 spiro atoms. The van der Waals surface area contributed by atoms with E-state index in [1.165, 1.54) is 4.31 Å². The molecule has 212 valence electrons. The van der Waals surface area contributed by atoms with Crippen molar-refractivity contribution in [1.29, 1.82) is 0 Å². The van der Waals surface area contributed by atoms with Gasteiger partial charge in [0.05, 0.1) is 18.2 Å². The van der Waals surface area contributed by atoms with Crippen molar-refractivity contribution in [2.24, 2.45) is 23.3 Å². The molecule has 0 unspecified atom stereocenters. The highest BCUT2D eigenvalue weighted by molar-refractivity contribution is 7.89. The summed E-state index contributed by atoms with van der Waals surface area (Å²) in [4.78, 5) is 37.3. The van der Waals surface area contributed by atoms with Crippen LogP contribution in [-0.2, 0) is 30.8 Å². The van der Waals surface area contributed by atoms with Gasteiger partial charge in [-0.15, -0.1) is 0 Å². The van der Waals surface area contributed by atoms with Crippen molar-refractivity contribution in [3.05, 3.63) is 35.9 Å². The highest BCUT2D eigenvalue weighted by Crippen LogP contribution is 2.40. The summed E-state index contributed by atoms with van der Waals surface area (Å²) in [5.41, 5.74) is 11.4. The number of nitrogens with two attached hydrogens (primary N) is 2. The van der Waals surface area contributed by atoms with Crippen molar-refractivity contribution >= 4 is 27.7 Å². The Balaban J connectivity index is 1.87. The number of rotatable bonds is 10. The maximum absolute atomic E-state index is 14.0. The van der Waals surface area contributed by atoms with E-state index >= 15 is 0 Å². The first-order valence-electron chi connectivity index (χ1n) is 13.4. The number of primary amides is 1. The average Bonchev–Trinajstić information content (AvgIpc) is 2.82. The van der Waals surface area contributed by atoms with Gasteiger partial charge in [0.1, 0.15) is 6.04 Å². The third kappa shape index (κ3) is 8.51. The zero-order valence-corrected chi connectivity index (χ0v) is 23.5. The molecule has 10 nitrogen and oxygen atoms in total. The lowest BCUT2D eigenvalue weighted by Crippen LogP contribution is -2.60. The van der Waals surface area contributed by atoms with Crippen molar-refractivity contribution < 1.29 is 22.8 Å². The average molecular weight is 550 g/mol. The smallest absolute Gasteiger partial charge is 0.238 e. The second-order valence-electron chi connectivity index (χ2n) is 11.8. The van der Waals surface area contributed by atoms with Crippen LogP contribution in [0.1, 0.15) is 64.9 Å². The summed E-state index contributed by atoms with van der Waals surface area (Å²) in [6, 6.07) is 6.42. The van der Waals surface area contributed by atoms with Gasteiger partial charge in [-0.05, 0) is 57.4 Å². The summed E-state index contributed by atoms with van der Waals surface area (Å²) >= 11 is 0. The molecule has 1 saturated heterocycles. The van der Waals surface area contributed by atoms with Crippen LogP contribution in [0.25, 0.3) is 0 Å². The molecule has 0 aromatic heterocycles. The lowest BCUT2D eigenvalue weighted by atomic mass is 9.73. The maximum Gasteiger partial charge on any atom is 0.238 e. The van der Waals surface area contributed by atoms with Crippen LogP contribution in [0.15, 0.2) is 30.3 Å². The van der Waals surface area contributed by atoms with Crippen LogP contribution in [0.3, 0.4) is 0 Å². The monoisotopic (exact) mass is 549 g/mol. The number of amides is 3. The molecule has 2 aliphatic rings. The van der Waals surface area contributed by atoms with Crippen molar-refractivity contribution in [3.63, 3.8) is 0 Å². The molecular formula is C27H43N5O5S. The summed E-state index contributed by atoms with van der Waals surface area (Å²) in [5.74, 6) is -1.53. The van der Waals surface area contributed by atoms with E-state index in [0.717, 1.165) is 31.2 Å². The molecule has 1 aromatic rings. The third-order valence-corrected chi connectivity index (χ3v) is 9.30. The summed E-state index contributed by atoms with van der Waals surface area (Å²) in [6.07, 6.45) is 4.48. The minimum absolute atomic E-state index is 0.211. The molecule has 1 aliphatic heterocycles. The first-order valence-corrected chi connectivity index (χ1v) is 15.1. The van der Waals surface area contributed by atoms with Crippen LogP contribution >= 0.6 is 0 Å². The first-order chi connectivity index (χ1) is 17.7. The first kappa shape index (κ1) is 30.0. The van der Waals surface area contributed by atoms with Gasteiger partial charge in [-0.1, -0.05) is 49.6 Å². The number of nitrogens with zero attached hydrogens (tertiary/aromatic N) is 1. The Morgan fingerprint density at radius 1 is 1.08 bits per heavy atom. The minimum atomic E-state index is -3.97. The largest absolute Gasteiger partial charge is 0.370 e. The Hall–Kier alpha value is -2.50. The van der Waals surface area contributed by atoms with Crippen LogP contribution < -0.4 is 22.1 Å². The number of sulfonamides is 1. The standard InChI is InChI=1S/C27H43N5O5S/c1-27(2,3)31-26(35)23-14-19-11-7-8-12-20(19)16-32(23)38(36,37)17-21(13-18-9-5-4-6-10-18)30-25(34)22(28)15-24(29)33/h4-6,9-10,19-23H,7-8,11-17,28H2,1-3H3,(H2,29,33)(H,30,34)(H,31,35)/t19-,20+,21-,22-,23-/m0/s1. The van der Waals surface area contributed by atoms with Crippen LogP contribution in [0.5, 0.6) is 0 Å². The highest BCUT2D eigenvalue weighted by atomic mass is 32.2. The molecule has 38 heavy (non-hydrogen) atoms. The number of carbonyl (C=O) groups excluding carboxylic acids is 3. The predicted octanol–water partition coefficient (Wildman–Crippen LogP) is 1.04. The number of benzene rings is 1. The Labute approximate surface area is 226 Å². The topological polar surface area (TPSA) is 165 Å². The fraction of sp³-hybridized carbons (Fsp3) is 0.667. The normalized spacial score (nSPS) is 24.1. The fourth-order valence-electron chi connectivity index (χ4n) is 5.61. The van der Waals surface area contributed by atoms with Gasteiger partial charge in [-0.3, -0.25) is 14.4 Å². The number of nitrogens with one attached hydrogen (secondary N) is 2. The molecular weight excluding hydrogens is 506 g/mol. The number of piperidine rings is 1. The number of carbonyl (C=O) groups is 3. The fourth-order valence-corrected chi connectivity index (χ4v) is 7.50. The van der Waals surface area contributed by atoms with E-state index < -0.39 is 51.3 Å². The number of hydrogen-bond acceptors (Lipinski definition) is 6. The number of fused-ring (bicyclic) bond motifs is 1. The Kier molecular flexibility index (Phi) is 9.94. The SMILES string of the molecule is CC(C)(C)NC(=O)[C@@H]1C[C@@H]2CCCC[C@@H]2CN1S(=O)(=O)C[C@H](Cc1ccccc1)NC(=O)[C@@H](N)CC(N)=O. The van der Waals surface area contributed by atoms with E-state index in [4.69, 9.17) is 11.5 Å². The number of hydrogen-bond donors (Lipinski definition) is 4. The van der Waals surface area contributed by atoms with E-state index in [9.17, 15) is 22.8 Å². The molecule has 1 saturated carbocycles. The van der Waals surface area contributed by atoms with E-state index in [1.54, 1.807) is 0 Å². The molecule has 1 heterocycles. The summed E-state index contributed by atoms with van der Waals surface area (Å²) in [6.45, 7) is 5.91. The van der Waals surface area contributed by atoms with Gasteiger partial charge in [-0.25, -0.2) is 8.42 Å². The second-order valence-corrected chi connectivity index (χ2v) is 13.8. The van der Waals surface area contributed by atoms with Gasteiger partial charge in [0.15, 0.2) is 0 Å². The lowest BCUT2D eigenvalue weighted by Gasteiger charge is -2.45. The van der Waals surface area contributed by atoms with Crippen molar-refractivity contribution in [2.75, 3.05) is 12.3 Å². The zero-order valence-electron chi connectivity index (χ0n) is 22.7. The predicted molar refractivity (Wildman–Crippen MR) is 146 cm³/mol. The zero-order chi connectivity index (χ0) is 28.1. The van der Waals surface area contributed by atoms with Crippen LogP contribution in [0.4, 0.5) is 0 Å². The summed E-state index contributed by atoms with van der Waals surface area (Å²) in [5, 5.41) is 5.70. The highest BCUT2D eigenvalue weighted by Gasteiger charge is 2.45. The van der Waals surface area contributed by atoms with E-state index in [0.29, 0.717) is 18.9 Å². The molecule has 0 radical (unpaired) electrons. The molecule has 2 fully saturated rings. The molecule has 6 N–H and O–H groups in total. The van der Waals surface area contributed by atoms with Crippen LogP contribution in [0, 0.1) is 11.8 Å². The Morgan fingerprint density at radius 2 is 1.71 bits per heavy atom. The summed E-state index contributed by atoms with van der Waals surface area (Å²) < 4.78 is 29.3. The van der Waals surface area contributed by atoms with Gasteiger partial charge in [0, 0.05) is 18.1 Å².